The molecule has 1 saturated heterocycles. The van der Waals surface area contributed by atoms with Gasteiger partial charge in [-0.05, 0) is 43.4 Å². The first-order chi connectivity index (χ1) is 21.2. The molecule has 2 fully saturated rings. The summed E-state index contributed by atoms with van der Waals surface area (Å²) in [5.41, 5.74) is 1.12. The van der Waals surface area contributed by atoms with Gasteiger partial charge >= 0.3 is 6.18 Å². The van der Waals surface area contributed by atoms with Gasteiger partial charge in [0.2, 0.25) is 5.88 Å². The van der Waals surface area contributed by atoms with Gasteiger partial charge in [0, 0.05) is 48.5 Å². The lowest BCUT2D eigenvalue weighted by molar-refractivity contribution is -0.141. The molecule has 0 radical (unpaired) electrons. The van der Waals surface area contributed by atoms with Gasteiger partial charge in [-0.25, -0.2) is 15.0 Å². The van der Waals surface area contributed by atoms with Gasteiger partial charge in [-0.2, -0.15) is 23.5 Å². The van der Waals surface area contributed by atoms with Crippen molar-refractivity contribution in [2.24, 2.45) is 0 Å². The molecule has 12 nitrogen and oxygen atoms in total. The predicted octanol–water partition coefficient (Wildman–Crippen LogP) is 4.57. The number of nitrogens with one attached hydrogen (secondary N) is 3. The Morgan fingerprint density at radius 1 is 1.18 bits per heavy atom. The summed E-state index contributed by atoms with van der Waals surface area (Å²) in [7, 11) is 0. The van der Waals surface area contributed by atoms with Crippen LogP contribution in [0.15, 0.2) is 43.1 Å². The largest absolute Gasteiger partial charge is 0.474 e. The minimum absolute atomic E-state index is 0.0766. The molecule has 0 aromatic carbocycles. The number of H-pyrrole nitrogens is 1. The molecule has 6 rings (SSSR count). The minimum atomic E-state index is -4.66. The molecule has 0 unspecified atom stereocenters. The molecule has 4 aromatic heterocycles. The highest BCUT2D eigenvalue weighted by Gasteiger charge is 2.49. The number of nitriles is 1. The number of hydrogen-bond donors (Lipinski definition) is 3. The van der Waals surface area contributed by atoms with Gasteiger partial charge in [0.25, 0.3) is 0 Å². The maximum Gasteiger partial charge on any atom is 0.433 e. The van der Waals surface area contributed by atoms with Crippen LogP contribution >= 0.6 is 0 Å². The predicted molar refractivity (Wildman–Crippen MR) is 154 cm³/mol. The molecule has 0 spiro atoms. The zero-order chi connectivity index (χ0) is 30.9. The third kappa shape index (κ3) is 5.72. The van der Waals surface area contributed by atoms with Crippen molar-refractivity contribution < 1.29 is 17.9 Å². The number of likely N-dealkylation sites (tertiary alicyclic amines) is 1. The number of aromatic nitrogens is 6. The van der Waals surface area contributed by atoms with Crippen molar-refractivity contribution in [3.05, 3.63) is 54.4 Å². The molecule has 2 aliphatic rings. The summed E-state index contributed by atoms with van der Waals surface area (Å²) in [6, 6.07) is 6.86. The molecule has 4 aromatic rings. The zero-order valence-corrected chi connectivity index (χ0v) is 23.6. The van der Waals surface area contributed by atoms with E-state index in [0.717, 1.165) is 58.8 Å². The van der Waals surface area contributed by atoms with Gasteiger partial charge in [-0.15, -0.1) is 0 Å². The monoisotopic (exact) mass is 605 g/mol. The first-order valence-electron chi connectivity index (χ1n) is 14.2. The number of hydrogen-bond acceptors (Lipinski definition) is 9. The van der Waals surface area contributed by atoms with Crippen LogP contribution in [0.25, 0.3) is 22.3 Å². The standard InChI is InChI=1S/C29H30F3N11O/c30-29(31,32)24-9-19(14-41(16-34)17-35)10-25(40-24)44-22-2-7-42(8-3-22)21-11-28(12-21,4-5-33)43-15-20(13-39-43)26-23-1-6-36-27(23)38-18-37-26/h1,6,9-10,13,15-18,21-22,34-35H,2-4,7-8,11-12,14H2,(H,36,37,38). The van der Waals surface area contributed by atoms with Crippen LogP contribution in [0.2, 0.25) is 0 Å². The Balaban J connectivity index is 1.09. The first-order valence-corrected chi connectivity index (χ1v) is 14.2. The van der Waals surface area contributed by atoms with Gasteiger partial charge in [0.1, 0.15) is 23.8 Å². The van der Waals surface area contributed by atoms with E-state index in [9.17, 15) is 18.4 Å². The number of ether oxygens (including phenoxy) is 1. The molecular weight excluding hydrogens is 575 g/mol. The number of rotatable bonds is 10. The van der Waals surface area contributed by atoms with Crippen LogP contribution in [0.5, 0.6) is 5.88 Å². The first kappa shape index (κ1) is 29.2. The molecule has 0 bridgehead atoms. The molecule has 1 aliphatic carbocycles. The highest BCUT2D eigenvalue weighted by molar-refractivity contribution is 5.90. The van der Waals surface area contributed by atoms with Gasteiger partial charge in [-0.3, -0.25) is 20.4 Å². The van der Waals surface area contributed by atoms with Crippen molar-refractivity contribution in [1.29, 1.82) is 16.1 Å². The lowest BCUT2D eigenvalue weighted by Crippen LogP contribution is -2.58. The number of aromatic amines is 1. The molecule has 15 heteroatoms. The summed E-state index contributed by atoms with van der Waals surface area (Å²) in [5, 5.41) is 29.8. The van der Waals surface area contributed by atoms with Crippen molar-refractivity contribution in [2.75, 3.05) is 13.1 Å². The normalized spacial score (nSPS) is 21.0. The molecule has 1 aliphatic heterocycles. The second-order valence-corrected chi connectivity index (χ2v) is 11.2. The second kappa shape index (κ2) is 11.7. The summed E-state index contributed by atoms with van der Waals surface area (Å²) in [5.74, 6) is -0.116. The Hall–Kier alpha value is -4.84. The summed E-state index contributed by atoms with van der Waals surface area (Å²) < 4.78 is 48.4. The van der Waals surface area contributed by atoms with Crippen molar-refractivity contribution in [1.82, 2.24) is 39.5 Å². The van der Waals surface area contributed by atoms with Crippen LogP contribution in [0.1, 0.15) is 43.4 Å². The van der Waals surface area contributed by atoms with Crippen molar-refractivity contribution in [2.45, 2.75) is 62.5 Å². The fourth-order valence-electron chi connectivity index (χ4n) is 6.17. The van der Waals surface area contributed by atoms with Gasteiger partial charge in [0.15, 0.2) is 0 Å². The molecule has 44 heavy (non-hydrogen) atoms. The molecular formula is C29H30F3N11O. The fourth-order valence-corrected chi connectivity index (χ4v) is 6.17. The number of pyridine rings is 1. The van der Waals surface area contributed by atoms with Crippen LogP contribution in [0.3, 0.4) is 0 Å². The highest BCUT2D eigenvalue weighted by Crippen LogP contribution is 2.45. The van der Waals surface area contributed by atoms with Crippen molar-refractivity contribution in [3.63, 3.8) is 0 Å². The number of nitrogens with zero attached hydrogens (tertiary/aromatic N) is 8. The second-order valence-electron chi connectivity index (χ2n) is 11.2. The van der Waals surface area contributed by atoms with E-state index >= 15 is 0 Å². The topological polar surface area (TPSA) is 159 Å². The van der Waals surface area contributed by atoms with Crippen LogP contribution in [0.4, 0.5) is 13.2 Å². The zero-order valence-electron chi connectivity index (χ0n) is 23.6. The molecule has 228 valence electrons. The third-order valence-corrected chi connectivity index (χ3v) is 8.46. The maximum atomic E-state index is 13.5. The van der Waals surface area contributed by atoms with Gasteiger partial charge in [-0.1, -0.05) is 0 Å². The Kier molecular flexibility index (Phi) is 7.76. The maximum absolute atomic E-state index is 13.5. The van der Waals surface area contributed by atoms with Crippen LogP contribution < -0.4 is 4.74 Å². The van der Waals surface area contributed by atoms with Gasteiger partial charge in [0.05, 0.1) is 49.1 Å². The Morgan fingerprint density at radius 2 is 1.95 bits per heavy atom. The van der Waals surface area contributed by atoms with Crippen molar-refractivity contribution >= 4 is 23.7 Å². The van der Waals surface area contributed by atoms with Crippen LogP contribution in [-0.2, 0) is 18.3 Å². The summed E-state index contributed by atoms with van der Waals surface area (Å²) >= 11 is 0. The van der Waals surface area contributed by atoms with E-state index in [4.69, 9.17) is 15.6 Å². The average molecular weight is 606 g/mol. The van der Waals surface area contributed by atoms with Crippen LogP contribution in [-0.4, -0.2) is 77.4 Å². The number of piperidine rings is 1. The van der Waals surface area contributed by atoms with Crippen LogP contribution in [0, 0.1) is 22.1 Å². The Labute approximate surface area is 250 Å². The van der Waals surface area contributed by atoms with Gasteiger partial charge < -0.3 is 14.6 Å². The lowest BCUT2D eigenvalue weighted by atomic mass is 9.69. The molecule has 5 heterocycles. The van der Waals surface area contributed by atoms with E-state index in [-0.39, 0.29) is 30.1 Å². The van der Waals surface area contributed by atoms with E-state index in [1.807, 2.05) is 23.1 Å². The Bertz CT molecular complexity index is 1690. The number of alkyl halides is 3. The molecule has 0 amide bonds. The SMILES string of the molecule is N#CCC1(n2cc(-c3ncnc4[nH]ccc34)cn2)CC(N2CCC(Oc3cc(CN(C=N)C=N)cc(C(F)(F)F)n3)CC2)C1. The lowest BCUT2D eigenvalue weighted by Gasteiger charge is -2.52. The van der Waals surface area contributed by atoms with Crippen molar-refractivity contribution in [3.8, 4) is 23.2 Å². The Morgan fingerprint density at radius 3 is 2.66 bits per heavy atom. The molecule has 3 N–H and O–H groups in total. The molecule has 1 saturated carbocycles. The van der Waals surface area contributed by atoms with E-state index in [0.29, 0.717) is 32.4 Å². The van der Waals surface area contributed by atoms with E-state index in [2.05, 4.69) is 36.0 Å². The quantitative estimate of drug-likeness (QED) is 0.175. The average Bonchev–Trinajstić information content (AvgIpc) is 3.68. The van der Waals surface area contributed by atoms with E-state index in [1.165, 1.54) is 12.4 Å². The van der Waals surface area contributed by atoms with E-state index in [1.54, 1.807) is 6.20 Å². The smallest absolute Gasteiger partial charge is 0.433 e. The number of fused-ring (bicyclic) bond motifs is 1. The fraction of sp³-hybridized carbons (Fsp3) is 0.414. The highest BCUT2D eigenvalue weighted by atomic mass is 19.4. The summed E-state index contributed by atoms with van der Waals surface area (Å²) in [6.45, 7) is 1.33. The minimum Gasteiger partial charge on any atom is -0.474 e. The molecule has 0 atom stereocenters. The summed E-state index contributed by atoms with van der Waals surface area (Å²) in [4.78, 5) is 19.0. The summed E-state index contributed by atoms with van der Waals surface area (Å²) in [6.07, 6.45) is 6.89. The van der Waals surface area contributed by atoms with E-state index < -0.39 is 17.4 Å². The number of halogens is 3. The third-order valence-electron chi connectivity index (χ3n) is 8.46.